The Morgan fingerprint density at radius 2 is 2.27 bits per heavy atom. The molecule has 0 atom stereocenters. The van der Waals surface area contributed by atoms with E-state index in [2.05, 4.69) is 9.97 Å². The number of hydrogen-bond donors (Lipinski definition) is 1. The average Bonchev–Trinajstić information content (AvgIpc) is 2.70. The molecule has 0 spiro atoms. The van der Waals surface area contributed by atoms with Crippen LogP contribution in [0.5, 0.6) is 0 Å². The van der Waals surface area contributed by atoms with Gasteiger partial charge in [-0.05, 0) is 18.2 Å². The third-order valence-electron chi connectivity index (χ3n) is 1.91. The lowest BCUT2D eigenvalue weighted by Gasteiger charge is -1.99. The fourth-order valence-electron chi connectivity index (χ4n) is 1.21. The molecule has 1 aromatic carbocycles. The quantitative estimate of drug-likeness (QED) is 0.798. The third-order valence-corrected chi connectivity index (χ3v) is 2.24. The number of aromatic nitrogens is 2. The van der Waals surface area contributed by atoms with Gasteiger partial charge in [0, 0.05) is 5.56 Å². The summed E-state index contributed by atoms with van der Waals surface area (Å²) >= 11 is 5.87. The van der Waals surface area contributed by atoms with Gasteiger partial charge in [-0.2, -0.15) is 0 Å². The maximum atomic E-state index is 13.0. The number of carbonyl (C=O) groups excluding carboxylic acids is 1. The Labute approximate surface area is 89.9 Å². The van der Waals surface area contributed by atoms with Gasteiger partial charge in [-0.25, -0.2) is 9.37 Å². The van der Waals surface area contributed by atoms with Crippen molar-refractivity contribution in [3.8, 4) is 11.4 Å². The maximum Gasteiger partial charge on any atom is 0.167 e. The average molecular weight is 225 g/mol. The number of aldehydes is 1. The highest BCUT2D eigenvalue weighted by Gasteiger charge is 2.08. The number of halogens is 2. The summed E-state index contributed by atoms with van der Waals surface area (Å²) in [6, 6.07) is 3.96. The summed E-state index contributed by atoms with van der Waals surface area (Å²) in [5.41, 5.74) is 0.759. The SMILES string of the molecule is O=Cc1cnc(-c2cc(F)ccc2Cl)[nH]1. The summed E-state index contributed by atoms with van der Waals surface area (Å²) < 4.78 is 13.0. The van der Waals surface area contributed by atoms with E-state index in [-0.39, 0.29) is 0 Å². The van der Waals surface area contributed by atoms with Gasteiger partial charge in [0.2, 0.25) is 0 Å². The molecule has 1 N–H and O–H groups in total. The predicted octanol–water partition coefficient (Wildman–Crippen LogP) is 2.68. The molecular weight excluding hydrogens is 219 g/mol. The van der Waals surface area contributed by atoms with E-state index < -0.39 is 5.82 Å². The first-order valence-electron chi connectivity index (χ1n) is 4.16. The minimum absolute atomic E-state index is 0.324. The number of carbonyl (C=O) groups is 1. The van der Waals surface area contributed by atoms with Gasteiger partial charge in [0.15, 0.2) is 6.29 Å². The second-order valence-corrected chi connectivity index (χ2v) is 3.34. The number of rotatable bonds is 2. The highest BCUT2D eigenvalue weighted by molar-refractivity contribution is 6.33. The number of benzene rings is 1. The number of aromatic amines is 1. The van der Waals surface area contributed by atoms with Crippen molar-refractivity contribution in [3.05, 3.63) is 40.9 Å². The number of H-pyrrole nitrogens is 1. The van der Waals surface area contributed by atoms with Crippen molar-refractivity contribution in [1.29, 1.82) is 0 Å². The zero-order valence-corrected chi connectivity index (χ0v) is 8.25. The van der Waals surface area contributed by atoms with Crippen LogP contribution < -0.4 is 0 Å². The second-order valence-electron chi connectivity index (χ2n) is 2.93. The number of imidazole rings is 1. The Kier molecular flexibility index (Phi) is 2.51. The van der Waals surface area contributed by atoms with Crippen LogP contribution in [0.1, 0.15) is 10.5 Å². The molecule has 0 radical (unpaired) electrons. The molecule has 2 aromatic rings. The molecule has 15 heavy (non-hydrogen) atoms. The zero-order chi connectivity index (χ0) is 10.8. The summed E-state index contributed by atoms with van der Waals surface area (Å²) in [6.07, 6.45) is 1.99. The molecule has 0 saturated carbocycles. The molecule has 1 heterocycles. The summed E-state index contributed by atoms with van der Waals surface area (Å²) in [4.78, 5) is 17.1. The third kappa shape index (κ3) is 1.89. The normalized spacial score (nSPS) is 10.3. The second kappa shape index (κ2) is 3.82. The van der Waals surface area contributed by atoms with Crippen LogP contribution in [0.3, 0.4) is 0 Å². The molecule has 0 aliphatic heterocycles. The molecule has 5 heteroatoms. The van der Waals surface area contributed by atoms with Crippen molar-refractivity contribution in [2.24, 2.45) is 0 Å². The summed E-state index contributed by atoms with van der Waals surface area (Å²) in [5.74, 6) is -0.0277. The molecule has 1 aromatic heterocycles. The van der Waals surface area contributed by atoms with Crippen molar-refractivity contribution in [3.63, 3.8) is 0 Å². The summed E-state index contributed by atoms with van der Waals surface area (Å²) in [7, 11) is 0. The topological polar surface area (TPSA) is 45.8 Å². The van der Waals surface area contributed by atoms with Crippen LogP contribution in [-0.2, 0) is 0 Å². The molecule has 0 bridgehead atoms. The minimum Gasteiger partial charge on any atom is -0.336 e. The fourth-order valence-corrected chi connectivity index (χ4v) is 1.42. The fraction of sp³-hybridized carbons (Fsp3) is 0. The molecule has 3 nitrogen and oxygen atoms in total. The Morgan fingerprint density at radius 1 is 1.47 bits per heavy atom. The summed E-state index contributed by atoms with van der Waals surface area (Å²) in [5, 5.41) is 0.378. The van der Waals surface area contributed by atoms with Crippen LogP contribution in [0.4, 0.5) is 4.39 Å². The van der Waals surface area contributed by atoms with Gasteiger partial charge in [0.25, 0.3) is 0 Å². The lowest BCUT2D eigenvalue weighted by atomic mass is 10.2. The van der Waals surface area contributed by atoms with E-state index in [1.54, 1.807) is 0 Å². The molecule has 0 aliphatic rings. The number of nitrogens with one attached hydrogen (secondary N) is 1. The van der Waals surface area contributed by atoms with Crippen LogP contribution in [0, 0.1) is 5.82 Å². The van der Waals surface area contributed by atoms with Crippen molar-refractivity contribution >= 4 is 17.9 Å². The van der Waals surface area contributed by atoms with Crippen molar-refractivity contribution < 1.29 is 9.18 Å². The maximum absolute atomic E-state index is 13.0. The van der Waals surface area contributed by atoms with Gasteiger partial charge >= 0.3 is 0 Å². The molecule has 0 saturated heterocycles. The van der Waals surface area contributed by atoms with Crippen LogP contribution in [-0.4, -0.2) is 16.3 Å². The molecule has 0 fully saturated rings. The van der Waals surface area contributed by atoms with Crippen molar-refractivity contribution in [2.75, 3.05) is 0 Å². The minimum atomic E-state index is -0.404. The lowest BCUT2D eigenvalue weighted by Crippen LogP contribution is -1.85. The summed E-state index contributed by atoms with van der Waals surface area (Å²) in [6.45, 7) is 0. The Balaban J connectivity index is 2.52. The first-order chi connectivity index (χ1) is 7.20. The predicted molar refractivity (Wildman–Crippen MR) is 54.4 cm³/mol. The van der Waals surface area contributed by atoms with E-state index in [4.69, 9.17) is 11.6 Å². The standard InChI is InChI=1S/C10H6ClFN2O/c11-9-2-1-6(12)3-8(9)10-13-4-7(5-15)14-10/h1-5H,(H,13,14). The van der Waals surface area contributed by atoms with Crippen molar-refractivity contribution in [2.45, 2.75) is 0 Å². The van der Waals surface area contributed by atoms with Gasteiger partial charge in [0.05, 0.1) is 16.9 Å². The molecule has 0 amide bonds. The molecule has 76 valence electrons. The van der Waals surface area contributed by atoms with Gasteiger partial charge < -0.3 is 4.98 Å². The van der Waals surface area contributed by atoms with Gasteiger partial charge in [-0.1, -0.05) is 11.6 Å². The zero-order valence-electron chi connectivity index (χ0n) is 7.50. The molecular formula is C10H6ClFN2O. The largest absolute Gasteiger partial charge is 0.336 e. The highest BCUT2D eigenvalue weighted by Crippen LogP contribution is 2.25. The Bertz CT molecular complexity index is 510. The van der Waals surface area contributed by atoms with E-state index in [0.29, 0.717) is 28.4 Å². The van der Waals surface area contributed by atoms with Crippen LogP contribution in [0.15, 0.2) is 24.4 Å². The Morgan fingerprint density at radius 3 is 2.93 bits per heavy atom. The van der Waals surface area contributed by atoms with E-state index in [1.165, 1.54) is 24.4 Å². The highest BCUT2D eigenvalue weighted by atomic mass is 35.5. The number of nitrogens with zero attached hydrogens (tertiary/aromatic N) is 1. The van der Waals surface area contributed by atoms with Crippen LogP contribution in [0.2, 0.25) is 5.02 Å². The van der Waals surface area contributed by atoms with Gasteiger partial charge in [0.1, 0.15) is 11.6 Å². The monoisotopic (exact) mass is 224 g/mol. The molecule has 0 aliphatic carbocycles. The first kappa shape index (κ1) is 9.86. The Hall–Kier alpha value is -1.68. The molecule has 2 rings (SSSR count). The molecule has 0 unspecified atom stereocenters. The smallest absolute Gasteiger partial charge is 0.167 e. The van der Waals surface area contributed by atoms with Gasteiger partial charge in [-0.3, -0.25) is 4.79 Å². The van der Waals surface area contributed by atoms with Crippen molar-refractivity contribution in [1.82, 2.24) is 9.97 Å². The first-order valence-corrected chi connectivity index (χ1v) is 4.54. The van der Waals surface area contributed by atoms with E-state index in [9.17, 15) is 9.18 Å². The van der Waals surface area contributed by atoms with E-state index in [0.717, 1.165) is 0 Å². The van der Waals surface area contributed by atoms with Crippen LogP contribution >= 0.6 is 11.6 Å². The van der Waals surface area contributed by atoms with Gasteiger partial charge in [-0.15, -0.1) is 0 Å². The van der Waals surface area contributed by atoms with Crippen LogP contribution in [0.25, 0.3) is 11.4 Å². The number of hydrogen-bond acceptors (Lipinski definition) is 2. The van der Waals surface area contributed by atoms with E-state index in [1.807, 2.05) is 0 Å². The van der Waals surface area contributed by atoms with E-state index >= 15 is 0 Å². The lowest BCUT2D eigenvalue weighted by molar-refractivity contribution is 0.111.